The predicted molar refractivity (Wildman–Crippen MR) is 127 cm³/mol. The summed E-state index contributed by atoms with van der Waals surface area (Å²) < 4.78 is 10.8. The Bertz CT molecular complexity index is 628. The van der Waals surface area contributed by atoms with E-state index in [1.54, 1.807) is 0 Å². The Balaban J connectivity index is 2.20. The molecule has 3 N–H and O–H groups in total. The molecule has 0 fully saturated rings. The summed E-state index contributed by atoms with van der Waals surface area (Å²) in [7, 11) is 0. The molecule has 0 aromatic heterocycles. The van der Waals surface area contributed by atoms with E-state index in [0.717, 1.165) is 12.2 Å². The molecule has 0 spiro atoms. The van der Waals surface area contributed by atoms with Crippen LogP contribution in [0, 0.1) is 5.41 Å². The number of aliphatic hydroxyl groups is 3. The number of ether oxygens (including phenoxy) is 2. The lowest BCUT2D eigenvalue weighted by molar-refractivity contribution is -0.140. The van der Waals surface area contributed by atoms with Crippen LogP contribution in [-0.4, -0.2) is 54.3 Å². The SMILES string of the molecule is C=C(CCC(CO)(CO)CO)C(=O)OCCOc1ccc(CCCCCCCCC)cc1. The molecule has 0 heterocycles. The molecule has 6 heteroatoms. The molecule has 182 valence electrons. The zero-order chi connectivity index (χ0) is 23.7. The maximum Gasteiger partial charge on any atom is 0.333 e. The first-order valence-corrected chi connectivity index (χ1v) is 11.9. The van der Waals surface area contributed by atoms with E-state index in [4.69, 9.17) is 9.47 Å². The van der Waals surface area contributed by atoms with Crippen LogP contribution in [-0.2, 0) is 16.0 Å². The van der Waals surface area contributed by atoms with Crippen LogP contribution in [0.2, 0.25) is 0 Å². The Hall–Kier alpha value is -1.89. The van der Waals surface area contributed by atoms with Crippen molar-refractivity contribution >= 4 is 5.97 Å². The molecular weight excluding hydrogens is 408 g/mol. The van der Waals surface area contributed by atoms with Gasteiger partial charge in [0.2, 0.25) is 0 Å². The highest BCUT2D eigenvalue weighted by atomic mass is 16.6. The largest absolute Gasteiger partial charge is 0.490 e. The van der Waals surface area contributed by atoms with Crippen molar-refractivity contribution in [3.8, 4) is 5.75 Å². The summed E-state index contributed by atoms with van der Waals surface area (Å²) in [6.45, 7) is 5.17. The van der Waals surface area contributed by atoms with Gasteiger partial charge in [0.1, 0.15) is 19.0 Å². The van der Waals surface area contributed by atoms with Crippen LogP contribution >= 0.6 is 0 Å². The van der Waals surface area contributed by atoms with Gasteiger partial charge >= 0.3 is 5.97 Å². The second kappa shape index (κ2) is 16.7. The number of aryl methyl sites for hydroxylation is 1. The van der Waals surface area contributed by atoms with Gasteiger partial charge < -0.3 is 24.8 Å². The zero-order valence-corrected chi connectivity index (χ0v) is 19.7. The number of aliphatic hydroxyl groups excluding tert-OH is 3. The van der Waals surface area contributed by atoms with E-state index < -0.39 is 11.4 Å². The zero-order valence-electron chi connectivity index (χ0n) is 19.7. The highest BCUT2D eigenvalue weighted by Crippen LogP contribution is 2.24. The minimum Gasteiger partial charge on any atom is -0.490 e. The fourth-order valence-electron chi connectivity index (χ4n) is 3.34. The molecule has 0 amide bonds. The number of rotatable bonds is 19. The molecule has 0 bridgehead atoms. The molecule has 0 aliphatic carbocycles. The molecule has 1 aromatic rings. The van der Waals surface area contributed by atoms with E-state index in [1.165, 1.54) is 50.5 Å². The van der Waals surface area contributed by atoms with E-state index in [2.05, 4.69) is 25.6 Å². The summed E-state index contributed by atoms with van der Waals surface area (Å²) >= 11 is 0. The van der Waals surface area contributed by atoms with Crippen molar-refractivity contribution in [1.82, 2.24) is 0 Å². The van der Waals surface area contributed by atoms with E-state index in [1.807, 2.05) is 12.1 Å². The third kappa shape index (κ3) is 11.1. The number of esters is 1. The van der Waals surface area contributed by atoms with Crippen molar-refractivity contribution in [3.05, 3.63) is 42.0 Å². The number of benzene rings is 1. The average molecular weight is 451 g/mol. The fourth-order valence-corrected chi connectivity index (χ4v) is 3.34. The summed E-state index contributed by atoms with van der Waals surface area (Å²) in [4.78, 5) is 12.0. The van der Waals surface area contributed by atoms with Gasteiger partial charge in [0.25, 0.3) is 0 Å². The lowest BCUT2D eigenvalue weighted by Gasteiger charge is -2.27. The summed E-state index contributed by atoms with van der Waals surface area (Å²) in [5, 5.41) is 28.0. The van der Waals surface area contributed by atoms with Gasteiger partial charge in [-0.05, 0) is 43.4 Å². The van der Waals surface area contributed by atoms with Crippen LogP contribution in [0.15, 0.2) is 36.4 Å². The molecule has 0 aliphatic heterocycles. The van der Waals surface area contributed by atoms with Gasteiger partial charge in [-0.3, -0.25) is 0 Å². The molecule has 6 nitrogen and oxygen atoms in total. The standard InChI is InChI=1S/C26H42O6/c1-3-4-5-6-7-8-9-10-23-11-13-24(14-12-23)31-17-18-32-25(30)22(2)15-16-26(19-27,20-28)21-29/h11-14,27-29H,2-10,15-21H2,1H3. The van der Waals surface area contributed by atoms with Crippen LogP contribution in [0.25, 0.3) is 0 Å². The fraction of sp³-hybridized carbons (Fsp3) is 0.654. The van der Waals surface area contributed by atoms with Gasteiger partial charge in [-0.1, -0.05) is 64.2 Å². The van der Waals surface area contributed by atoms with Crippen LogP contribution in [0.4, 0.5) is 0 Å². The maximum absolute atomic E-state index is 12.0. The molecule has 0 radical (unpaired) electrons. The number of hydrogen-bond acceptors (Lipinski definition) is 6. The minimum absolute atomic E-state index is 0.1000. The Morgan fingerprint density at radius 2 is 1.50 bits per heavy atom. The van der Waals surface area contributed by atoms with Gasteiger partial charge in [0.15, 0.2) is 0 Å². The van der Waals surface area contributed by atoms with Gasteiger partial charge in [-0.25, -0.2) is 4.79 Å². The third-order valence-electron chi connectivity index (χ3n) is 5.83. The van der Waals surface area contributed by atoms with E-state index in [0.29, 0.717) is 0 Å². The van der Waals surface area contributed by atoms with Crippen molar-refractivity contribution in [2.24, 2.45) is 5.41 Å². The Kier molecular flexibility index (Phi) is 14.7. The third-order valence-corrected chi connectivity index (χ3v) is 5.83. The van der Waals surface area contributed by atoms with Gasteiger partial charge in [-0.2, -0.15) is 0 Å². The van der Waals surface area contributed by atoms with E-state index in [9.17, 15) is 20.1 Å². The Morgan fingerprint density at radius 1 is 0.906 bits per heavy atom. The first kappa shape index (κ1) is 28.1. The van der Waals surface area contributed by atoms with Crippen LogP contribution in [0.3, 0.4) is 0 Å². The Morgan fingerprint density at radius 3 is 2.09 bits per heavy atom. The molecular formula is C26H42O6. The summed E-state index contributed by atoms with van der Waals surface area (Å²) in [6, 6.07) is 8.04. The molecule has 1 rings (SSSR count). The van der Waals surface area contributed by atoms with Gasteiger partial charge in [0.05, 0.1) is 19.8 Å². The number of carbonyl (C=O) groups excluding carboxylic acids is 1. The number of carbonyl (C=O) groups is 1. The molecule has 0 saturated heterocycles. The average Bonchev–Trinajstić information content (AvgIpc) is 2.83. The summed E-state index contributed by atoms with van der Waals surface area (Å²) in [6.07, 6.45) is 10.7. The van der Waals surface area contributed by atoms with E-state index in [-0.39, 0.29) is 51.4 Å². The number of unbranched alkanes of at least 4 members (excludes halogenated alkanes) is 6. The quantitative estimate of drug-likeness (QED) is 0.166. The van der Waals surface area contributed by atoms with Crippen molar-refractivity contribution in [2.75, 3.05) is 33.0 Å². The van der Waals surface area contributed by atoms with Crippen molar-refractivity contribution in [2.45, 2.75) is 71.1 Å². The first-order valence-electron chi connectivity index (χ1n) is 11.9. The second-order valence-electron chi connectivity index (χ2n) is 8.58. The first-order chi connectivity index (χ1) is 15.5. The topological polar surface area (TPSA) is 96.2 Å². The second-order valence-corrected chi connectivity index (χ2v) is 8.58. The summed E-state index contributed by atoms with van der Waals surface area (Å²) in [5.74, 6) is 0.197. The molecule has 1 aromatic carbocycles. The molecule has 0 atom stereocenters. The predicted octanol–water partition coefficient (Wildman–Crippen LogP) is 4.20. The lowest BCUT2D eigenvalue weighted by Crippen LogP contribution is -2.34. The molecule has 0 aliphatic rings. The molecule has 0 unspecified atom stereocenters. The normalized spacial score (nSPS) is 11.4. The maximum atomic E-state index is 12.0. The van der Waals surface area contributed by atoms with Gasteiger partial charge in [-0.15, -0.1) is 0 Å². The van der Waals surface area contributed by atoms with Crippen LogP contribution in [0.5, 0.6) is 5.75 Å². The monoisotopic (exact) mass is 450 g/mol. The molecule has 0 saturated carbocycles. The van der Waals surface area contributed by atoms with E-state index >= 15 is 0 Å². The van der Waals surface area contributed by atoms with Crippen LogP contribution in [0.1, 0.15) is 70.3 Å². The highest BCUT2D eigenvalue weighted by molar-refractivity contribution is 5.87. The summed E-state index contributed by atoms with van der Waals surface area (Å²) in [5.41, 5.74) is 0.519. The van der Waals surface area contributed by atoms with Crippen molar-refractivity contribution < 1.29 is 29.6 Å². The minimum atomic E-state index is -1.02. The van der Waals surface area contributed by atoms with Crippen LogP contribution < -0.4 is 4.74 Å². The molecule has 32 heavy (non-hydrogen) atoms. The van der Waals surface area contributed by atoms with Crippen molar-refractivity contribution in [3.63, 3.8) is 0 Å². The Labute approximate surface area is 193 Å². The highest BCUT2D eigenvalue weighted by Gasteiger charge is 2.28. The van der Waals surface area contributed by atoms with Crippen molar-refractivity contribution in [1.29, 1.82) is 0 Å². The smallest absolute Gasteiger partial charge is 0.333 e. The number of hydrogen-bond donors (Lipinski definition) is 3. The van der Waals surface area contributed by atoms with Gasteiger partial charge in [0, 0.05) is 11.0 Å². The lowest BCUT2D eigenvalue weighted by atomic mass is 9.84.